The van der Waals surface area contributed by atoms with E-state index in [1.165, 1.54) is 6.42 Å². The van der Waals surface area contributed by atoms with Crippen LogP contribution in [0.4, 0.5) is 0 Å². The molecule has 1 aromatic rings. The first-order valence-electron chi connectivity index (χ1n) is 10.2. The molecular formula is C21H33N3O3. The molecule has 0 saturated carbocycles. The average Bonchev–Trinajstić information content (AvgIpc) is 2.69. The highest BCUT2D eigenvalue weighted by atomic mass is 16.5. The molecule has 2 aliphatic rings. The molecule has 150 valence electrons. The van der Waals surface area contributed by atoms with Crippen LogP contribution in [-0.4, -0.2) is 90.8 Å². The Labute approximate surface area is 162 Å². The van der Waals surface area contributed by atoms with E-state index in [0.717, 1.165) is 63.4 Å². The Bertz CT molecular complexity index is 596. The minimum atomic E-state index is -0.508. The van der Waals surface area contributed by atoms with Crippen LogP contribution >= 0.6 is 0 Å². The van der Waals surface area contributed by atoms with Gasteiger partial charge in [-0.05, 0) is 37.8 Å². The van der Waals surface area contributed by atoms with E-state index < -0.39 is 6.10 Å². The minimum absolute atomic E-state index is 0.273. The minimum Gasteiger partial charge on any atom is -0.491 e. The van der Waals surface area contributed by atoms with Gasteiger partial charge in [-0.25, -0.2) is 0 Å². The maximum absolute atomic E-state index is 12.4. The third kappa shape index (κ3) is 6.19. The summed E-state index contributed by atoms with van der Waals surface area (Å²) in [7, 11) is 0. The summed E-state index contributed by atoms with van der Waals surface area (Å²) in [6.45, 7) is 8.83. The fourth-order valence-electron chi connectivity index (χ4n) is 3.82. The molecule has 3 rings (SSSR count). The fraction of sp³-hybridized carbons (Fsp3) is 0.667. The van der Waals surface area contributed by atoms with Gasteiger partial charge in [-0.3, -0.25) is 14.6 Å². The number of nitrogens with zero attached hydrogens (tertiary/aromatic N) is 3. The molecule has 0 aliphatic carbocycles. The van der Waals surface area contributed by atoms with E-state index >= 15 is 0 Å². The number of hydrogen-bond donors (Lipinski definition) is 1. The van der Waals surface area contributed by atoms with Crippen LogP contribution in [0.15, 0.2) is 24.3 Å². The van der Waals surface area contributed by atoms with Gasteiger partial charge in [0.05, 0.1) is 6.54 Å². The number of aryl methyl sites for hydroxylation is 1. The summed E-state index contributed by atoms with van der Waals surface area (Å²) in [5.41, 5.74) is 1.08. The Morgan fingerprint density at radius 3 is 2.41 bits per heavy atom. The van der Waals surface area contributed by atoms with E-state index in [9.17, 15) is 9.90 Å². The van der Waals surface area contributed by atoms with Crippen LogP contribution in [0.25, 0.3) is 0 Å². The molecule has 6 heteroatoms. The number of hydrogen-bond acceptors (Lipinski definition) is 5. The summed E-state index contributed by atoms with van der Waals surface area (Å²) in [6.07, 6.45) is 3.02. The molecule has 2 saturated heterocycles. The van der Waals surface area contributed by atoms with Gasteiger partial charge in [-0.1, -0.05) is 18.2 Å². The van der Waals surface area contributed by atoms with Crippen molar-refractivity contribution in [3.05, 3.63) is 29.8 Å². The van der Waals surface area contributed by atoms with E-state index in [2.05, 4.69) is 9.80 Å². The van der Waals surface area contributed by atoms with Gasteiger partial charge >= 0.3 is 0 Å². The van der Waals surface area contributed by atoms with Crippen LogP contribution in [0.5, 0.6) is 5.75 Å². The number of rotatable bonds is 7. The van der Waals surface area contributed by atoms with Gasteiger partial charge in [-0.2, -0.15) is 0 Å². The van der Waals surface area contributed by atoms with Crippen molar-refractivity contribution in [2.45, 2.75) is 32.3 Å². The van der Waals surface area contributed by atoms with Crippen LogP contribution in [0.2, 0.25) is 0 Å². The molecule has 0 spiro atoms. The number of piperidine rings is 1. The summed E-state index contributed by atoms with van der Waals surface area (Å²) in [4.78, 5) is 18.9. The van der Waals surface area contributed by atoms with E-state index in [0.29, 0.717) is 19.7 Å². The summed E-state index contributed by atoms with van der Waals surface area (Å²) in [6, 6.07) is 7.86. The van der Waals surface area contributed by atoms with Crippen molar-refractivity contribution in [3.8, 4) is 5.75 Å². The van der Waals surface area contributed by atoms with Crippen LogP contribution in [0, 0.1) is 6.92 Å². The van der Waals surface area contributed by atoms with Gasteiger partial charge < -0.3 is 14.7 Å². The molecule has 1 aromatic carbocycles. The third-order valence-corrected chi connectivity index (χ3v) is 5.53. The van der Waals surface area contributed by atoms with Crippen molar-refractivity contribution in [3.63, 3.8) is 0 Å². The van der Waals surface area contributed by atoms with Crippen molar-refractivity contribution in [1.82, 2.24) is 14.7 Å². The third-order valence-electron chi connectivity index (χ3n) is 5.53. The predicted molar refractivity (Wildman–Crippen MR) is 106 cm³/mol. The second kappa shape index (κ2) is 10.1. The number of para-hydroxylation sites is 1. The van der Waals surface area contributed by atoms with Crippen LogP contribution < -0.4 is 4.74 Å². The zero-order chi connectivity index (χ0) is 19.1. The Kier molecular flexibility index (Phi) is 7.50. The van der Waals surface area contributed by atoms with Gasteiger partial charge in [0.1, 0.15) is 18.5 Å². The molecule has 0 aromatic heterocycles. The van der Waals surface area contributed by atoms with Crippen molar-refractivity contribution < 1.29 is 14.6 Å². The monoisotopic (exact) mass is 375 g/mol. The Balaban J connectivity index is 1.34. The smallest absolute Gasteiger partial charge is 0.236 e. The largest absolute Gasteiger partial charge is 0.491 e. The number of β-amino-alcohol motifs (C(OH)–C–C–N with tert-alkyl or cyclic N) is 1. The van der Waals surface area contributed by atoms with Gasteiger partial charge in [-0.15, -0.1) is 0 Å². The number of aliphatic hydroxyl groups excluding tert-OH is 1. The molecule has 0 radical (unpaired) electrons. The Hall–Kier alpha value is -1.63. The van der Waals surface area contributed by atoms with E-state index in [1.807, 2.05) is 36.1 Å². The molecule has 27 heavy (non-hydrogen) atoms. The number of aliphatic hydroxyl groups is 1. The Morgan fingerprint density at radius 1 is 1.04 bits per heavy atom. The number of ether oxygens (including phenoxy) is 1. The number of benzene rings is 1. The molecule has 1 unspecified atom stereocenters. The van der Waals surface area contributed by atoms with E-state index in [-0.39, 0.29) is 5.91 Å². The highest BCUT2D eigenvalue weighted by Gasteiger charge is 2.23. The number of carbonyl (C=O) groups is 1. The predicted octanol–water partition coefficient (Wildman–Crippen LogP) is 1.36. The normalized spacial score (nSPS) is 20.4. The van der Waals surface area contributed by atoms with Crippen molar-refractivity contribution in [1.29, 1.82) is 0 Å². The van der Waals surface area contributed by atoms with Crippen LogP contribution in [0.3, 0.4) is 0 Å². The van der Waals surface area contributed by atoms with Gasteiger partial charge in [0.25, 0.3) is 0 Å². The maximum Gasteiger partial charge on any atom is 0.236 e. The lowest BCUT2D eigenvalue weighted by Gasteiger charge is -2.36. The maximum atomic E-state index is 12.4. The topological polar surface area (TPSA) is 56.3 Å². The lowest BCUT2D eigenvalue weighted by Crippen LogP contribution is -2.52. The first-order valence-corrected chi connectivity index (χ1v) is 10.2. The van der Waals surface area contributed by atoms with Gasteiger partial charge in [0.15, 0.2) is 0 Å². The summed E-state index contributed by atoms with van der Waals surface area (Å²) in [5.74, 6) is 1.10. The summed E-state index contributed by atoms with van der Waals surface area (Å²) in [5, 5.41) is 10.3. The van der Waals surface area contributed by atoms with Crippen LogP contribution in [0.1, 0.15) is 24.8 Å². The first kappa shape index (κ1) is 20.1. The molecule has 1 atom stereocenters. The SMILES string of the molecule is Cc1ccccc1OCC(O)CN1CCN(CC(=O)N2CCCCC2)CC1. The first-order chi connectivity index (χ1) is 13.1. The number of amides is 1. The number of piperazine rings is 1. The lowest BCUT2D eigenvalue weighted by atomic mass is 10.1. The molecule has 1 N–H and O–H groups in total. The molecular weight excluding hydrogens is 342 g/mol. The highest BCUT2D eigenvalue weighted by molar-refractivity contribution is 5.78. The number of likely N-dealkylation sites (tertiary alicyclic amines) is 1. The Morgan fingerprint density at radius 2 is 1.70 bits per heavy atom. The average molecular weight is 376 g/mol. The van der Waals surface area contributed by atoms with Crippen molar-refractivity contribution in [2.75, 3.05) is 59.0 Å². The molecule has 2 fully saturated rings. The fourth-order valence-corrected chi connectivity index (χ4v) is 3.82. The van der Waals surface area contributed by atoms with Crippen molar-refractivity contribution in [2.24, 2.45) is 0 Å². The lowest BCUT2D eigenvalue weighted by molar-refractivity contribution is -0.133. The molecule has 2 aliphatic heterocycles. The van der Waals surface area contributed by atoms with Crippen molar-refractivity contribution >= 4 is 5.91 Å². The molecule has 1 amide bonds. The quantitative estimate of drug-likeness (QED) is 0.780. The summed E-state index contributed by atoms with van der Waals surface area (Å²) >= 11 is 0. The number of carbonyl (C=O) groups excluding carboxylic acids is 1. The van der Waals surface area contributed by atoms with Gasteiger partial charge in [0, 0.05) is 45.8 Å². The zero-order valence-electron chi connectivity index (χ0n) is 16.5. The second-order valence-electron chi connectivity index (χ2n) is 7.75. The van der Waals surface area contributed by atoms with E-state index in [4.69, 9.17) is 4.74 Å². The standard InChI is InChI=1S/C21H33N3O3/c1-18-7-3-4-8-20(18)27-17-19(25)15-22-11-13-23(14-12-22)16-21(26)24-9-5-2-6-10-24/h3-4,7-8,19,25H,2,5-6,9-17H2,1H3. The van der Waals surface area contributed by atoms with Crippen LogP contribution in [-0.2, 0) is 4.79 Å². The highest BCUT2D eigenvalue weighted by Crippen LogP contribution is 2.16. The second-order valence-corrected chi connectivity index (χ2v) is 7.75. The van der Waals surface area contributed by atoms with E-state index in [1.54, 1.807) is 0 Å². The molecule has 0 bridgehead atoms. The van der Waals surface area contributed by atoms with Gasteiger partial charge in [0.2, 0.25) is 5.91 Å². The summed E-state index contributed by atoms with van der Waals surface area (Å²) < 4.78 is 5.74. The molecule has 6 nitrogen and oxygen atoms in total. The zero-order valence-corrected chi connectivity index (χ0v) is 16.5. The molecule has 2 heterocycles.